The minimum atomic E-state index is -0.840. The molecular weight excluding hydrogens is 266 g/mol. The van der Waals surface area contributed by atoms with Gasteiger partial charge in [0.2, 0.25) is 0 Å². The van der Waals surface area contributed by atoms with Gasteiger partial charge in [-0.25, -0.2) is 4.79 Å². The van der Waals surface area contributed by atoms with Crippen LogP contribution >= 0.6 is 22.7 Å². The summed E-state index contributed by atoms with van der Waals surface area (Å²) in [5, 5.41) is 10.9. The van der Waals surface area contributed by atoms with E-state index in [9.17, 15) is 4.79 Å². The molecule has 2 rings (SSSR count). The first kappa shape index (κ1) is 13.3. The Hall–Kier alpha value is -1.17. The van der Waals surface area contributed by atoms with Gasteiger partial charge in [-0.15, -0.1) is 22.7 Å². The van der Waals surface area contributed by atoms with E-state index in [1.807, 2.05) is 6.07 Å². The summed E-state index contributed by atoms with van der Waals surface area (Å²) in [7, 11) is 2.06. The summed E-state index contributed by atoms with van der Waals surface area (Å²) in [5.41, 5.74) is 0. The lowest BCUT2D eigenvalue weighted by molar-refractivity contribution is 0.0702. The van der Waals surface area contributed by atoms with Crippen molar-refractivity contribution < 1.29 is 9.90 Å². The number of thiophene rings is 2. The van der Waals surface area contributed by atoms with Crippen LogP contribution in [0.1, 0.15) is 19.4 Å². The smallest absolute Gasteiger partial charge is 0.345 e. The monoisotopic (exact) mass is 281 g/mol. The molecule has 0 spiro atoms. The number of carbonyl (C=O) groups is 1. The van der Waals surface area contributed by atoms with Gasteiger partial charge in [0.15, 0.2) is 0 Å². The van der Waals surface area contributed by atoms with E-state index in [1.165, 1.54) is 16.2 Å². The van der Waals surface area contributed by atoms with Crippen LogP contribution in [0.15, 0.2) is 29.6 Å². The Kier molecular flexibility index (Phi) is 4.52. The third-order valence-corrected chi connectivity index (χ3v) is 4.61. The van der Waals surface area contributed by atoms with Crippen molar-refractivity contribution in [3.8, 4) is 0 Å². The Bertz CT molecular complexity index is 505. The van der Waals surface area contributed by atoms with Crippen LogP contribution in [0.3, 0.4) is 0 Å². The van der Waals surface area contributed by atoms with Crippen molar-refractivity contribution in [2.45, 2.75) is 13.0 Å². The first-order valence-electron chi connectivity index (χ1n) is 5.68. The van der Waals surface area contributed by atoms with Crippen LogP contribution in [-0.2, 0) is 13.0 Å². The minimum Gasteiger partial charge on any atom is -0.477 e. The predicted octanol–water partition coefficient (Wildman–Crippen LogP) is 3.18. The van der Waals surface area contributed by atoms with Crippen LogP contribution in [0, 0.1) is 0 Å². The Morgan fingerprint density at radius 1 is 1.33 bits per heavy atom. The molecule has 0 bridgehead atoms. The molecule has 2 aromatic rings. The SMILES string of the molecule is CN(CCc1cccs1)Cc1ccc(C(=O)O)s1. The maximum atomic E-state index is 10.8. The van der Waals surface area contributed by atoms with Crippen molar-refractivity contribution >= 4 is 28.6 Å². The van der Waals surface area contributed by atoms with E-state index >= 15 is 0 Å². The van der Waals surface area contributed by atoms with E-state index in [2.05, 4.69) is 29.5 Å². The van der Waals surface area contributed by atoms with Crippen molar-refractivity contribution in [1.82, 2.24) is 4.90 Å². The Balaban J connectivity index is 1.82. The highest BCUT2D eigenvalue weighted by atomic mass is 32.1. The summed E-state index contributed by atoms with van der Waals surface area (Å²) in [4.78, 5) is 15.9. The van der Waals surface area contributed by atoms with E-state index in [0.29, 0.717) is 4.88 Å². The second-order valence-electron chi connectivity index (χ2n) is 4.14. The first-order valence-corrected chi connectivity index (χ1v) is 7.37. The van der Waals surface area contributed by atoms with Gasteiger partial charge in [-0.05, 0) is 37.0 Å². The summed E-state index contributed by atoms with van der Waals surface area (Å²) in [6, 6.07) is 7.79. The molecule has 2 heterocycles. The Morgan fingerprint density at radius 2 is 2.17 bits per heavy atom. The maximum absolute atomic E-state index is 10.8. The molecule has 0 fully saturated rings. The van der Waals surface area contributed by atoms with E-state index in [1.54, 1.807) is 17.4 Å². The quantitative estimate of drug-likeness (QED) is 0.884. The standard InChI is InChI=1S/C13H15NO2S2/c1-14(7-6-10-3-2-8-17-10)9-11-4-5-12(18-11)13(15)16/h2-5,8H,6-7,9H2,1H3,(H,15,16). The number of likely N-dealkylation sites (N-methyl/N-ethyl adjacent to an activating group) is 1. The molecule has 0 radical (unpaired) electrons. The van der Waals surface area contributed by atoms with Gasteiger partial charge in [-0.3, -0.25) is 0 Å². The van der Waals surface area contributed by atoms with Crippen LogP contribution in [0.2, 0.25) is 0 Å². The number of carboxylic acid groups (broad SMARTS) is 1. The summed E-state index contributed by atoms with van der Waals surface area (Å²) in [6.07, 6.45) is 1.05. The number of carboxylic acids is 1. The van der Waals surface area contributed by atoms with Crippen molar-refractivity contribution in [3.63, 3.8) is 0 Å². The molecule has 2 aromatic heterocycles. The molecule has 1 N–H and O–H groups in total. The lowest BCUT2D eigenvalue weighted by Gasteiger charge is -2.14. The van der Waals surface area contributed by atoms with E-state index in [-0.39, 0.29) is 0 Å². The second-order valence-corrected chi connectivity index (χ2v) is 6.34. The van der Waals surface area contributed by atoms with Crippen molar-refractivity contribution in [3.05, 3.63) is 44.3 Å². The normalized spacial score (nSPS) is 11.0. The molecule has 3 nitrogen and oxygen atoms in total. The highest BCUT2D eigenvalue weighted by molar-refractivity contribution is 7.13. The molecule has 0 saturated carbocycles. The highest BCUT2D eigenvalue weighted by Crippen LogP contribution is 2.18. The number of rotatable bonds is 6. The maximum Gasteiger partial charge on any atom is 0.345 e. The summed E-state index contributed by atoms with van der Waals surface area (Å²) < 4.78 is 0. The molecular formula is C13H15NO2S2. The lowest BCUT2D eigenvalue weighted by Crippen LogP contribution is -2.19. The van der Waals surface area contributed by atoms with Gasteiger partial charge < -0.3 is 10.0 Å². The van der Waals surface area contributed by atoms with Gasteiger partial charge in [0.05, 0.1) is 0 Å². The number of nitrogens with zero attached hydrogens (tertiary/aromatic N) is 1. The second kappa shape index (κ2) is 6.13. The summed E-state index contributed by atoms with van der Waals surface area (Å²) >= 11 is 3.13. The molecule has 0 unspecified atom stereocenters. The van der Waals surface area contributed by atoms with Crippen molar-refractivity contribution in [1.29, 1.82) is 0 Å². The topological polar surface area (TPSA) is 40.5 Å². The molecule has 0 saturated heterocycles. The lowest BCUT2D eigenvalue weighted by atomic mass is 10.3. The Morgan fingerprint density at radius 3 is 2.78 bits per heavy atom. The van der Waals surface area contributed by atoms with Gasteiger partial charge in [0, 0.05) is 22.8 Å². The molecule has 0 amide bonds. The van der Waals surface area contributed by atoms with E-state index < -0.39 is 5.97 Å². The average molecular weight is 281 g/mol. The van der Waals surface area contributed by atoms with Gasteiger partial charge >= 0.3 is 5.97 Å². The van der Waals surface area contributed by atoms with Crippen LogP contribution in [-0.4, -0.2) is 29.6 Å². The number of hydrogen-bond acceptors (Lipinski definition) is 4. The fourth-order valence-electron chi connectivity index (χ4n) is 1.68. The zero-order valence-corrected chi connectivity index (χ0v) is 11.8. The van der Waals surface area contributed by atoms with E-state index in [4.69, 9.17) is 5.11 Å². The fourth-order valence-corrected chi connectivity index (χ4v) is 3.30. The molecule has 0 atom stereocenters. The number of aromatic carboxylic acids is 1. The van der Waals surface area contributed by atoms with Gasteiger partial charge in [-0.1, -0.05) is 6.07 Å². The van der Waals surface area contributed by atoms with Crippen LogP contribution in [0.4, 0.5) is 0 Å². The zero-order chi connectivity index (χ0) is 13.0. The highest BCUT2D eigenvalue weighted by Gasteiger charge is 2.08. The summed E-state index contributed by atoms with van der Waals surface area (Å²) in [5.74, 6) is -0.840. The third kappa shape index (κ3) is 3.66. The molecule has 5 heteroatoms. The van der Waals surface area contributed by atoms with Gasteiger partial charge in [0.25, 0.3) is 0 Å². The third-order valence-electron chi connectivity index (χ3n) is 2.62. The molecule has 0 aromatic carbocycles. The molecule has 0 aliphatic heterocycles. The Labute approximate surface area is 114 Å². The van der Waals surface area contributed by atoms with Crippen molar-refractivity contribution in [2.24, 2.45) is 0 Å². The average Bonchev–Trinajstić information content (AvgIpc) is 2.96. The molecule has 0 aliphatic carbocycles. The molecule has 0 aliphatic rings. The van der Waals surface area contributed by atoms with Gasteiger partial charge in [-0.2, -0.15) is 0 Å². The largest absolute Gasteiger partial charge is 0.477 e. The van der Waals surface area contributed by atoms with Crippen LogP contribution in [0.25, 0.3) is 0 Å². The zero-order valence-electron chi connectivity index (χ0n) is 10.1. The fraction of sp³-hybridized carbons (Fsp3) is 0.308. The number of hydrogen-bond donors (Lipinski definition) is 1. The van der Waals surface area contributed by atoms with Gasteiger partial charge in [0.1, 0.15) is 4.88 Å². The van der Waals surface area contributed by atoms with Crippen LogP contribution < -0.4 is 0 Å². The molecule has 96 valence electrons. The molecule has 18 heavy (non-hydrogen) atoms. The van der Waals surface area contributed by atoms with Crippen molar-refractivity contribution in [2.75, 3.05) is 13.6 Å². The van der Waals surface area contributed by atoms with E-state index in [0.717, 1.165) is 24.4 Å². The van der Waals surface area contributed by atoms with Crippen LogP contribution in [0.5, 0.6) is 0 Å². The summed E-state index contributed by atoms with van der Waals surface area (Å²) in [6.45, 7) is 1.80. The predicted molar refractivity (Wildman–Crippen MR) is 75.6 cm³/mol. The first-order chi connectivity index (χ1) is 8.65. The minimum absolute atomic E-state index is 0.414.